The fraction of sp³-hybridized carbons (Fsp3) is 0.758. The summed E-state index contributed by atoms with van der Waals surface area (Å²) >= 11 is 0. The SMILES string of the molecule is CC(=O)/C=C1/[C@@]2(C)C=C(C#N)C(=O)C(C)(C)[C@@H]2CC[C@@]1(C)[C@]1(C)CC[C@@]2(CC(=O)O)CCC(C)(C)CC2C1. The van der Waals surface area contributed by atoms with E-state index >= 15 is 0 Å². The summed E-state index contributed by atoms with van der Waals surface area (Å²) in [6.07, 6.45) is 11.4. The zero-order chi connectivity index (χ0) is 28.5. The Morgan fingerprint density at radius 2 is 1.66 bits per heavy atom. The molecule has 6 atom stereocenters. The summed E-state index contributed by atoms with van der Waals surface area (Å²) in [7, 11) is 0. The molecule has 1 unspecified atom stereocenters. The highest BCUT2D eigenvalue weighted by Gasteiger charge is 2.64. The van der Waals surface area contributed by atoms with E-state index in [1.54, 1.807) is 6.92 Å². The maximum absolute atomic E-state index is 13.2. The van der Waals surface area contributed by atoms with Crippen LogP contribution in [0.3, 0.4) is 0 Å². The van der Waals surface area contributed by atoms with Crippen molar-refractivity contribution in [3.63, 3.8) is 0 Å². The molecule has 1 N–H and O–H groups in total. The van der Waals surface area contributed by atoms with Crippen LogP contribution in [0.2, 0.25) is 0 Å². The number of Topliss-reactive ketones (excluding diaryl/α,β-unsaturated/α-hetero) is 1. The molecular weight excluding hydrogens is 474 g/mol. The largest absolute Gasteiger partial charge is 0.481 e. The highest BCUT2D eigenvalue weighted by atomic mass is 16.4. The van der Waals surface area contributed by atoms with Gasteiger partial charge in [-0.25, -0.2) is 0 Å². The van der Waals surface area contributed by atoms with Crippen molar-refractivity contribution in [3.05, 3.63) is 23.3 Å². The predicted molar refractivity (Wildman–Crippen MR) is 148 cm³/mol. The number of carbonyl (C=O) groups excluding carboxylic acids is 2. The number of carboxylic acids is 1. The van der Waals surface area contributed by atoms with Crippen LogP contribution in [0.5, 0.6) is 0 Å². The second-order valence-corrected chi connectivity index (χ2v) is 15.4. The molecule has 0 saturated heterocycles. The van der Waals surface area contributed by atoms with Gasteiger partial charge in [0.25, 0.3) is 0 Å². The van der Waals surface area contributed by atoms with Crippen molar-refractivity contribution in [1.29, 1.82) is 5.26 Å². The Kier molecular flexibility index (Phi) is 6.74. The molecule has 0 aliphatic heterocycles. The zero-order valence-electron chi connectivity index (χ0n) is 24.8. The van der Waals surface area contributed by atoms with Crippen molar-refractivity contribution in [1.82, 2.24) is 0 Å². The highest BCUT2D eigenvalue weighted by Crippen LogP contribution is 2.71. The lowest BCUT2D eigenvalue weighted by Gasteiger charge is -2.65. The van der Waals surface area contributed by atoms with Crippen LogP contribution < -0.4 is 0 Å². The molecule has 4 rings (SSSR count). The number of nitrogens with zero attached hydrogens (tertiary/aromatic N) is 1. The van der Waals surface area contributed by atoms with Crippen molar-refractivity contribution in [3.8, 4) is 6.07 Å². The Hall–Kier alpha value is -2.22. The average molecular weight is 522 g/mol. The topological polar surface area (TPSA) is 95.2 Å². The average Bonchev–Trinajstić information content (AvgIpc) is 2.79. The number of carboxylic acid groups (broad SMARTS) is 1. The smallest absolute Gasteiger partial charge is 0.303 e. The molecule has 0 radical (unpaired) electrons. The van der Waals surface area contributed by atoms with Crippen molar-refractivity contribution in [2.45, 2.75) is 113 Å². The molecule has 208 valence electrons. The molecule has 4 aliphatic carbocycles. The molecule has 5 nitrogen and oxygen atoms in total. The van der Waals surface area contributed by atoms with Crippen LogP contribution in [0.15, 0.2) is 23.3 Å². The molecule has 0 aromatic heterocycles. The van der Waals surface area contributed by atoms with Crippen molar-refractivity contribution in [2.75, 3.05) is 0 Å². The minimum Gasteiger partial charge on any atom is -0.481 e. The third kappa shape index (κ3) is 4.22. The maximum atomic E-state index is 13.2. The maximum Gasteiger partial charge on any atom is 0.303 e. The van der Waals surface area contributed by atoms with Crippen LogP contribution >= 0.6 is 0 Å². The number of allylic oxidation sites excluding steroid dienone is 4. The van der Waals surface area contributed by atoms with Gasteiger partial charge in [-0.3, -0.25) is 14.4 Å². The number of aliphatic carboxylic acids is 1. The number of hydrogen-bond donors (Lipinski definition) is 1. The van der Waals surface area contributed by atoms with E-state index < -0.39 is 16.8 Å². The fourth-order valence-corrected chi connectivity index (χ4v) is 9.73. The normalized spacial score (nSPS) is 42.9. The first kappa shape index (κ1) is 28.8. The number of hydrogen-bond acceptors (Lipinski definition) is 4. The molecule has 0 bridgehead atoms. The van der Waals surface area contributed by atoms with E-state index in [0.717, 1.165) is 56.9 Å². The van der Waals surface area contributed by atoms with Crippen molar-refractivity contribution < 1.29 is 19.5 Å². The summed E-state index contributed by atoms with van der Waals surface area (Å²) in [6, 6.07) is 2.17. The van der Waals surface area contributed by atoms with Gasteiger partial charge in [0.2, 0.25) is 0 Å². The van der Waals surface area contributed by atoms with Gasteiger partial charge < -0.3 is 5.11 Å². The zero-order valence-corrected chi connectivity index (χ0v) is 24.8. The van der Waals surface area contributed by atoms with Gasteiger partial charge in [0.15, 0.2) is 11.6 Å². The van der Waals surface area contributed by atoms with E-state index in [2.05, 4.69) is 40.7 Å². The van der Waals surface area contributed by atoms with Gasteiger partial charge in [-0.2, -0.15) is 5.26 Å². The van der Waals surface area contributed by atoms with Gasteiger partial charge in [-0.1, -0.05) is 60.1 Å². The lowest BCUT2D eigenvalue weighted by Crippen LogP contribution is -2.58. The van der Waals surface area contributed by atoms with Gasteiger partial charge in [0, 0.05) is 10.8 Å². The van der Waals surface area contributed by atoms with Crippen LogP contribution in [0.4, 0.5) is 0 Å². The molecule has 38 heavy (non-hydrogen) atoms. The fourth-order valence-electron chi connectivity index (χ4n) is 9.73. The monoisotopic (exact) mass is 521 g/mol. The summed E-state index contributed by atoms with van der Waals surface area (Å²) in [4.78, 5) is 38.0. The lowest BCUT2D eigenvalue weighted by atomic mass is 9.38. The summed E-state index contributed by atoms with van der Waals surface area (Å²) in [6.45, 7) is 17.0. The van der Waals surface area contributed by atoms with E-state index in [1.165, 1.54) is 0 Å². The Bertz CT molecular complexity index is 1170. The van der Waals surface area contributed by atoms with E-state index in [-0.39, 0.29) is 51.1 Å². The molecule has 3 fully saturated rings. The summed E-state index contributed by atoms with van der Waals surface area (Å²) in [5.41, 5.74) is -0.416. The second kappa shape index (κ2) is 8.90. The molecule has 4 aliphatic rings. The first-order valence-corrected chi connectivity index (χ1v) is 14.5. The molecule has 0 amide bonds. The van der Waals surface area contributed by atoms with Gasteiger partial charge in [-0.05, 0) is 97.9 Å². The van der Waals surface area contributed by atoms with Crippen LogP contribution in [0.1, 0.15) is 113 Å². The van der Waals surface area contributed by atoms with E-state index in [9.17, 15) is 24.8 Å². The van der Waals surface area contributed by atoms with E-state index in [4.69, 9.17) is 0 Å². The number of carbonyl (C=O) groups is 3. The quantitative estimate of drug-likeness (QED) is 0.387. The number of fused-ring (bicyclic) bond motifs is 2. The Morgan fingerprint density at radius 3 is 2.24 bits per heavy atom. The lowest BCUT2D eigenvalue weighted by molar-refractivity contribution is -0.151. The van der Waals surface area contributed by atoms with Crippen LogP contribution in [0, 0.1) is 55.7 Å². The van der Waals surface area contributed by atoms with Gasteiger partial charge in [-0.15, -0.1) is 0 Å². The molecule has 5 heteroatoms. The standard InChI is InChI=1S/C33H47NO4/c1-21(35)15-25-31(7)16-22(20-34)27(38)29(4,5)24(31)9-10-32(25,8)30(6)12-14-33(19-26(36)37)13-11-28(2,3)17-23(33)18-30/h15-16,23-24H,9-14,17-19H2,1-8H3,(H,36,37)/b25-15-/t23?,24-,30+,31-,32+,33+/m0/s1. The molecule has 3 saturated carbocycles. The first-order chi connectivity index (χ1) is 17.4. The third-order valence-corrected chi connectivity index (χ3v) is 12.1. The summed E-state index contributed by atoms with van der Waals surface area (Å²) in [5.74, 6) is -0.479. The molecule has 0 aromatic rings. The second-order valence-electron chi connectivity index (χ2n) is 15.4. The van der Waals surface area contributed by atoms with Crippen LogP contribution in [-0.2, 0) is 14.4 Å². The Morgan fingerprint density at radius 1 is 1.03 bits per heavy atom. The summed E-state index contributed by atoms with van der Waals surface area (Å²) < 4.78 is 0. The van der Waals surface area contributed by atoms with Crippen molar-refractivity contribution in [2.24, 2.45) is 44.3 Å². The van der Waals surface area contributed by atoms with Crippen molar-refractivity contribution >= 4 is 17.5 Å². The van der Waals surface area contributed by atoms with Gasteiger partial charge in [0.1, 0.15) is 6.07 Å². The molecule has 0 aromatic carbocycles. The summed E-state index contributed by atoms with van der Waals surface area (Å²) in [5, 5.41) is 19.8. The minimum atomic E-state index is -0.696. The van der Waals surface area contributed by atoms with Gasteiger partial charge in [0.05, 0.1) is 12.0 Å². The van der Waals surface area contributed by atoms with Crippen LogP contribution in [-0.4, -0.2) is 22.6 Å². The highest BCUT2D eigenvalue weighted by molar-refractivity contribution is 6.04. The molecular formula is C33H47NO4. The number of ketones is 2. The third-order valence-electron chi connectivity index (χ3n) is 12.1. The minimum absolute atomic E-state index is 0.00480. The number of rotatable bonds is 4. The van der Waals surface area contributed by atoms with Gasteiger partial charge >= 0.3 is 5.97 Å². The molecule has 0 heterocycles. The predicted octanol–water partition coefficient (Wildman–Crippen LogP) is 7.46. The first-order valence-electron chi connectivity index (χ1n) is 14.5. The van der Waals surface area contributed by atoms with E-state index in [1.807, 2.05) is 26.0 Å². The van der Waals surface area contributed by atoms with E-state index in [0.29, 0.717) is 5.92 Å². The number of nitriles is 1. The molecule has 0 spiro atoms. The Balaban J connectivity index is 1.84. The Labute approximate surface area is 229 Å². The van der Waals surface area contributed by atoms with Crippen LogP contribution in [0.25, 0.3) is 0 Å².